The van der Waals surface area contributed by atoms with Gasteiger partial charge < -0.3 is 18.9 Å². The predicted octanol–water partition coefficient (Wildman–Crippen LogP) is 6.19. The van der Waals surface area contributed by atoms with E-state index in [-0.39, 0.29) is 25.1 Å². The van der Waals surface area contributed by atoms with Crippen LogP contribution in [0.2, 0.25) is 0 Å². The Hall–Kier alpha value is -5.59. The molecular weight excluding hydrogens is 656 g/mol. The van der Waals surface area contributed by atoms with Crippen molar-refractivity contribution < 1.29 is 38.1 Å². The summed E-state index contributed by atoms with van der Waals surface area (Å²) in [7, 11) is 1.27. The molecule has 1 heterocycles. The number of ether oxygens (including phenoxy) is 4. The first-order valence-electron chi connectivity index (χ1n) is 16.4. The van der Waals surface area contributed by atoms with Crippen molar-refractivity contribution in [2.45, 2.75) is 85.7 Å². The summed E-state index contributed by atoms with van der Waals surface area (Å²) in [6, 6.07) is 18.5. The number of amides is 1. The highest BCUT2D eigenvalue weighted by atomic mass is 16.6. The van der Waals surface area contributed by atoms with Gasteiger partial charge in [-0.05, 0) is 109 Å². The number of aromatic nitrogens is 3. The van der Waals surface area contributed by atoms with E-state index in [9.17, 15) is 24.0 Å². The van der Waals surface area contributed by atoms with E-state index in [0.717, 1.165) is 15.8 Å². The van der Waals surface area contributed by atoms with Crippen molar-refractivity contribution in [3.05, 3.63) is 93.8 Å². The van der Waals surface area contributed by atoms with Gasteiger partial charge in [0, 0.05) is 24.2 Å². The molecule has 1 N–H and O–H groups in total. The Kier molecular flexibility index (Phi) is 11.6. The highest BCUT2D eigenvalue weighted by Crippen LogP contribution is 2.36. The molecule has 0 aliphatic heterocycles. The average Bonchev–Trinajstić information content (AvgIpc) is 3.05. The van der Waals surface area contributed by atoms with E-state index in [2.05, 4.69) is 20.4 Å². The average molecular weight is 701 g/mol. The summed E-state index contributed by atoms with van der Waals surface area (Å²) in [5.74, 6) is -2.00. The van der Waals surface area contributed by atoms with Gasteiger partial charge in [-0.15, -0.1) is 5.10 Å². The summed E-state index contributed by atoms with van der Waals surface area (Å²) in [5.41, 5.74) is -1.86. The smallest absolute Gasteiger partial charge is 0.411 e. The van der Waals surface area contributed by atoms with Crippen molar-refractivity contribution in [2.24, 2.45) is 5.41 Å². The molecule has 0 unspecified atom stereocenters. The number of esters is 2. The Morgan fingerprint density at radius 2 is 1.49 bits per heavy atom. The second-order valence-electron chi connectivity index (χ2n) is 14.2. The molecule has 0 radical (unpaired) electrons. The zero-order chi connectivity index (χ0) is 37.6. The lowest BCUT2D eigenvalue weighted by Gasteiger charge is -2.34. The number of anilines is 1. The fourth-order valence-electron chi connectivity index (χ4n) is 5.09. The molecule has 270 valence electrons. The van der Waals surface area contributed by atoms with Crippen molar-refractivity contribution >= 4 is 40.4 Å². The van der Waals surface area contributed by atoms with Gasteiger partial charge in [-0.3, -0.25) is 24.5 Å². The highest BCUT2D eigenvalue weighted by Gasteiger charge is 2.52. The molecule has 0 bridgehead atoms. The number of carbonyl (C=O) groups is 4. The molecule has 0 atom stereocenters. The van der Waals surface area contributed by atoms with E-state index in [4.69, 9.17) is 14.2 Å². The van der Waals surface area contributed by atoms with E-state index >= 15 is 0 Å². The largest absolute Gasteiger partial charge is 0.489 e. The molecule has 51 heavy (non-hydrogen) atoms. The van der Waals surface area contributed by atoms with Crippen LogP contribution in [-0.4, -0.2) is 57.1 Å². The van der Waals surface area contributed by atoms with Gasteiger partial charge in [0.1, 0.15) is 29.1 Å². The Labute approximate surface area is 296 Å². The second kappa shape index (κ2) is 15.5. The van der Waals surface area contributed by atoms with Gasteiger partial charge in [0.05, 0.1) is 12.5 Å². The number of hydrogen-bond donors (Lipinski definition) is 1. The maximum absolute atomic E-state index is 14.1. The van der Waals surface area contributed by atoms with E-state index in [1.165, 1.54) is 19.2 Å². The molecule has 1 amide bonds. The number of aryl methyl sites for hydroxylation is 2. The fraction of sp³-hybridized carbons (Fsp3) is 0.395. The lowest BCUT2D eigenvalue weighted by Crippen LogP contribution is -2.49. The van der Waals surface area contributed by atoms with Crippen LogP contribution in [0.5, 0.6) is 5.75 Å². The molecular formula is C38H44N4O9. The standard InChI is InChI=1S/C38H44N4O9/c1-24-12-17-30-29(20-24)32(44)42(41-40-30)19-18-38(33(45)50-36(2,3)4,34(46)51-37(5,6)7)22-31(43)26-13-15-28(16-14-26)49-23-25-10-9-11-27(21-25)39-35(47)48-8/h9-17,20-21H,18-19,22-23H2,1-8H3,(H,39,47). The van der Waals surface area contributed by atoms with Crippen LogP contribution in [0, 0.1) is 12.3 Å². The van der Waals surface area contributed by atoms with Crippen LogP contribution in [0.4, 0.5) is 10.5 Å². The Morgan fingerprint density at radius 3 is 2.10 bits per heavy atom. The highest BCUT2D eigenvalue weighted by molar-refractivity contribution is 6.07. The zero-order valence-corrected chi connectivity index (χ0v) is 30.2. The lowest BCUT2D eigenvalue weighted by atomic mass is 9.78. The third-order valence-corrected chi connectivity index (χ3v) is 7.61. The number of hydrogen-bond acceptors (Lipinski definition) is 11. The van der Waals surface area contributed by atoms with Crippen LogP contribution in [-0.2, 0) is 37.0 Å². The van der Waals surface area contributed by atoms with E-state index in [1.54, 1.807) is 84.0 Å². The summed E-state index contributed by atoms with van der Waals surface area (Å²) in [6.45, 7) is 11.7. The zero-order valence-electron chi connectivity index (χ0n) is 30.2. The first kappa shape index (κ1) is 38.2. The monoisotopic (exact) mass is 700 g/mol. The molecule has 0 aliphatic carbocycles. The van der Waals surface area contributed by atoms with Crippen LogP contribution >= 0.6 is 0 Å². The molecule has 1 aromatic heterocycles. The minimum absolute atomic E-state index is 0.168. The Balaban J connectivity index is 1.62. The summed E-state index contributed by atoms with van der Waals surface area (Å²) < 4.78 is 23.1. The topological polar surface area (TPSA) is 165 Å². The molecule has 13 heteroatoms. The van der Waals surface area contributed by atoms with Crippen LogP contribution < -0.4 is 15.6 Å². The van der Waals surface area contributed by atoms with Crippen molar-refractivity contribution in [1.29, 1.82) is 0 Å². The van der Waals surface area contributed by atoms with Crippen molar-refractivity contribution in [3.8, 4) is 5.75 Å². The van der Waals surface area contributed by atoms with E-state index in [0.29, 0.717) is 22.3 Å². The van der Waals surface area contributed by atoms with Gasteiger partial charge in [-0.1, -0.05) is 29.0 Å². The van der Waals surface area contributed by atoms with Crippen LogP contribution in [0.25, 0.3) is 10.9 Å². The molecule has 0 aliphatic rings. The van der Waals surface area contributed by atoms with Crippen molar-refractivity contribution in [2.75, 3.05) is 12.4 Å². The first-order valence-corrected chi connectivity index (χ1v) is 16.4. The number of benzene rings is 3. The minimum Gasteiger partial charge on any atom is -0.489 e. The van der Waals surface area contributed by atoms with E-state index < -0.39 is 52.4 Å². The Bertz CT molecular complexity index is 1940. The summed E-state index contributed by atoms with van der Waals surface area (Å²) in [4.78, 5) is 67.0. The molecule has 0 spiro atoms. The third kappa shape index (κ3) is 10.2. The first-order chi connectivity index (χ1) is 23.9. The van der Waals surface area contributed by atoms with Crippen molar-refractivity contribution in [1.82, 2.24) is 15.0 Å². The summed E-state index contributed by atoms with van der Waals surface area (Å²) >= 11 is 0. The Morgan fingerprint density at radius 1 is 0.843 bits per heavy atom. The number of methoxy groups -OCH3 is 1. The van der Waals surface area contributed by atoms with E-state index in [1.807, 2.05) is 19.1 Å². The normalized spacial score (nSPS) is 11.8. The molecule has 3 aromatic carbocycles. The molecule has 0 fully saturated rings. The lowest BCUT2D eigenvalue weighted by molar-refractivity contribution is -0.186. The number of nitrogens with zero attached hydrogens (tertiary/aromatic N) is 3. The van der Waals surface area contributed by atoms with Gasteiger partial charge in [0.2, 0.25) is 0 Å². The van der Waals surface area contributed by atoms with Crippen LogP contribution in [0.3, 0.4) is 0 Å². The summed E-state index contributed by atoms with van der Waals surface area (Å²) in [6.07, 6.45) is -1.53. The maximum Gasteiger partial charge on any atom is 0.411 e. The molecule has 4 aromatic rings. The molecule has 0 saturated carbocycles. The maximum atomic E-state index is 14.1. The van der Waals surface area contributed by atoms with Crippen molar-refractivity contribution in [3.63, 3.8) is 0 Å². The van der Waals surface area contributed by atoms with Gasteiger partial charge >= 0.3 is 18.0 Å². The SMILES string of the molecule is COC(=O)Nc1cccc(COc2ccc(C(=O)CC(CCn3nnc4ccc(C)cc4c3=O)(C(=O)OC(C)(C)C)C(=O)OC(C)(C)C)cc2)c1. The molecule has 4 rings (SSSR count). The third-order valence-electron chi connectivity index (χ3n) is 7.61. The number of carbonyl (C=O) groups excluding carboxylic acids is 4. The molecule has 13 nitrogen and oxygen atoms in total. The van der Waals surface area contributed by atoms with Gasteiger partial charge in [0.15, 0.2) is 11.2 Å². The summed E-state index contributed by atoms with van der Waals surface area (Å²) in [5, 5.41) is 11.1. The number of ketones is 1. The number of rotatable bonds is 12. The van der Waals surface area contributed by atoms with Crippen LogP contribution in [0.1, 0.15) is 75.9 Å². The second-order valence-corrected chi connectivity index (χ2v) is 14.2. The minimum atomic E-state index is -2.14. The van der Waals surface area contributed by atoms with Gasteiger partial charge in [0.25, 0.3) is 5.56 Å². The van der Waals surface area contributed by atoms with Gasteiger partial charge in [-0.2, -0.15) is 0 Å². The van der Waals surface area contributed by atoms with Crippen LogP contribution in [0.15, 0.2) is 71.5 Å². The van der Waals surface area contributed by atoms with Gasteiger partial charge in [-0.25, -0.2) is 9.48 Å². The fourth-order valence-corrected chi connectivity index (χ4v) is 5.09. The quantitative estimate of drug-likeness (QED) is 0.0775. The number of Topliss-reactive ketones (excluding diaryl/α,β-unsaturated/α-hetero) is 1. The predicted molar refractivity (Wildman–Crippen MR) is 189 cm³/mol. The molecule has 0 saturated heterocycles. The number of fused-ring (bicyclic) bond motifs is 1. The number of nitrogens with one attached hydrogen (secondary N) is 1.